The molecular formula is C17H24N2O. The summed E-state index contributed by atoms with van der Waals surface area (Å²) in [7, 11) is 0. The first-order chi connectivity index (χ1) is 9.85. The van der Waals surface area contributed by atoms with Crippen LogP contribution in [0.2, 0.25) is 0 Å². The second-order valence-corrected chi connectivity index (χ2v) is 6.42. The minimum Gasteiger partial charge on any atom is -0.372 e. The number of benzene rings is 1. The maximum atomic E-state index is 6.00. The van der Waals surface area contributed by atoms with Crippen molar-refractivity contribution < 1.29 is 4.74 Å². The molecule has 4 unspecified atom stereocenters. The van der Waals surface area contributed by atoms with E-state index in [4.69, 9.17) is 4.74 Å². The molecule has 108 valence electrons. The van der Waals surface area contributed by atoms with Crippen molar-refractivity contribution in [3.8, 4) is 0 Å². The smallest absolute Gasteiger partial charge is 0.0707 e. The molecule has 4 rings (SSSR count). The molecular weight excluding hydrogens is 248 g/mol. The molecule has 2 aliphatic heterocycles. The SMILES string of the molecule is CCNC1c2ccccc2CC1N1CC2CCC(C1)O2. The van der Waals surface area contributed by atoms with Gasteiger partial charge in [-0.25, -0.2) is 0 Å². The molecule has 3 heteroatoms. The maximum absolute atomic E-state index is 6.00. The predicted molar refractivity (Wildman–Crippen MR) is 79.8 cm³/mol. The zero-order chi connectivity index (χ0) is 13.5. The molecule has 2 fully saturated rings. The Labute approximate surface area is 121 Å². The number of likely N-dealkylation sites (N-methyl/N-ethyl adjacent to an activating group) is 1. The summed E-state index contributed by atoms with van der Waals surface area (Å²) in [6.07, 6.45) is 4.67. The number of nitrogens with zero attached hydrogens (tertiary/aromatic N) is 1. The van der Waals surface area contributed by atoms with Crippen molar-refractivity contribution in [1.82, 2.24) is 10.2 Å². The van der Waals surface area contributed by atoms with Gasteiger partial charge in [0.25, 0.3) is 0 Å². The summed E-state index contributed by atoms with van der Waals surface area (Å²) in [5, 5.41) is 3.72. The molecule has 2 heterocycles. The third kappa shape index (κ3) is 2.09. The van der Waals surface area contributed by atoms with Gasteiger partial charge in [-0.2, -0.15) is 0 Å². The van der Waals surface area contributed by atoms with E-state index in [1.54, 1.807) is 0 Å². The average Bonchev–Trinajstić information content (AvgIpc) is 3.00. The van der Waals surface area contributed by atoms with Gasteiger partial charge in [0.05, 0.1) is 12.2 Å². The van der Waals surface area contributed by atoms with Gasteiger partial charge in [0.2, 0.25) is 0 Å². The normalized spacial score (nSPS) is 36.2. The van der Waals surface area contributed by atoms with E-state index in [9.17, 15) is 0 Å². The molecule has 2 bridgehead atoms. The summed E-state index contributed by atoms with van der Waals surface area (Å²) in [5.74, 6) is 0. The van der Waals surface area contributed by atoms with Crippen LogP contribution < -0.4 is 5.32 Å². The van der Waals surface area contributed by atoms with Crippen molar-refractivity contribution in [1.29, 1.82) is 0 Å². The minimum atomic E-state index is 0.486. The van der Waals surface area contributed by atoms with Gasteiger partial charge in [-0.3, -0.25) is 4.90 Å². The average molecular weight is 272 g/mol. The van der Waals surface area contributed by atoms with Crippen molar-refractivity contribution >= 4 is 0 Å². The standard InChI is InChI=1S/C17H24N2O/c1-2-18-17-15-6-4-3-5-12(15)9-16(17)19-10-13-7-8-14(11-19)20-13/h3-6,13-14,16-18H,2,7-11H2,1H3. The van der Waals surface area contributed by atoms with E-state index >= 15 is 0 Å². The number of rotatable bonds is 3. The van der Waals surface area contributed by atoms with E-state index in [1.807, 2.05) is 0 Å². The van der Waals surface area contributed by atoms with Crippen LogP contribution in [0, 0.1) is 0 Å². The third-order valence-electron chi connectivity index (χ3n) is 5.17. The first kappa shape index (κ1) is 12.8. The molecule has 0 spiro atoms. The number of fused-ring (bicyclic) bond motifs is 3. The maximum Gasteiger partial charge on any atom is 0.0707 e. The van der Waals surface area contributed by atoms with E-state index in [0.717, 1.165) is 19.6 Å². The summed E-state index contributed by atoms with van der Waals surface area (Å²) >= 11 is 0. The van der Waals surface area contributed by atoms with Crippen LogP contribution in [0.25, 0.3) is 0 Å². The Balaban J connectivity index is 1.59. The van der Waals surface area contributed by atoms with Gasteiger partial charge in [-0.05, 0) is 36.9 Å². The summed E-state index contributed by atoms with van der Waals surface area (Å²) in [4.78, 5) is 2.69. The second-order valence-electron chi connectivity index (χ2n) is 6.42. The topological polar surface area (TPSA) is 24.5 Å². The first-order valence-electron chi connectivity index (χ1n) is 8.06. The Kier molecular flexibility index (Phi) is 3.29. The summed E-state index contributed by atoms with van der Waals surface area (Å²) in [6.45, 7) is 5.49. The molecule has 0 aromatic heterocycles. The van der Waals surface area contributed by atoms with Crippen molar-refractivity contribution in [2.45, 2.75) is 50.5 Å². The van der Waals surface area contributed by atoms with E-state index in [-0.39, 0.29) is 0 Å². The van der Waals surface area contributed by atoms with Gasteiger partial charge in [0, 0.05) is 25.2 Å². The number of ether oxygens (including phenoxy) is 1. The van der Waals surface area contributed by atoms with Crippen LogP contribution in [0.3, 0.4) is 0 Å². The predicted octanol–water partition coefficient (Wildman–Crippen LogP) is 2.13. The first-order valence-corrected chi connectivity index (χ1v) is 8.06. The summed E-state index contributed by atoms with van der Waals surface area (Å²) in [5.41, 5.74) is 3.04. The van der Waals surface area contributed by atoms with Crippen LogP contribution in [0.4, 0.5) is 0 Å². The molecule has 4 atom stereocenters. The van der Waals surface area contributed by atoms with Crippen LogP contribution >= 0.6 is 0 Å². The highest BCUT2D eigenvalue weighted by Crippen LogP contribution is 2.37. The quantitative estimate of drug-likeness (QED) is 0.912. The summed E-state index contributed by atoms with van der Waals surface area (Å²) < 4.78 is 6.00. The van der Waals surface area contributed by atoms with E-state index in [0.29, 0.717) is 24.3 Å². The fourth-order valence-electron chi connectivity index (χ4n) is 4.30. The molecule has 0 amide bonds. The zero-order valence-corrected chi connectivity index (χ0v) is 12.2. The second kappa shape index (κ2) is 5.14. The Morgan fingerprint density at radius 1 is 1.20 bits per heavy atom. The number of nitrogens with one attached hydrogen (secondary N) is 1. The molecule has 1 aromatic rings. The molecule has 1 aromatic carbocycles. The Bertz CT molecular complexity index is 478. The number of hydrogen-bond donors (Lipinski definition) is 1. The monoisotopic (exact) mass is 272 g/mol. The third-order valence-corrected chi connectivity index (χ3v) is 5.17. The highest BCUT2D eigenvalue weighted by molar-refractivity contribution is 5.37. The molecule has 3 nitrogen and oxygen atoms in total. The van der Waals surface area contributed by atoms with Crippen LogP contribution in [-0.4, -0.2) is 42.8 Å². The van der Waals surface area contributed by atoms with Crippen molar-refractivity contribution in [3.63, 3.8) is 0 Å². The lowest BCUT2D eigenvalue weighted by molar-refractivity contribution is -0.0560. The van der Waals surface area contributed by atoms with Gasteiger partial charge >= 0.3 is 0 Å². The van der Waals surface area contributed by atoms with Crippen molar-refractivity contribution in [2.75, 3.05) is 19.6 Å². The van der Waals surface area contributed by atoms with Gasteiger partial charge < -0.3 is 10.1 Å². The van der Waals surface area contributed by atoms with E-state index < -0.39 is 0 Å². The Morgan fingerprint density at radius 3 is 2.70 bits per heavy atom. The van der Waals surface area contributed by atoms with Gasteiger partial charge in [-0.1, -0.05) is 31.2 Å². The largest absolute Gasteiger partial charge is 0.372 e. The number of hydrogen-bond acceptors (Lipinski definition) is 3. The van der Waals surface area contributed by atoms with Gasteiger partial charge in [-0.15, -0.1) is 0 Å². The van der Waals surface area contributed by atoms with Crippen LogP contribution in [0.1, 0.15) is 36.9 Å². The molecule has 1 N–H and O–H groups in total. The van der Waals surface area contributed by atoms with E-state index in [2.05, 4.69) is 41.4 Å². The Morgan fingerprint density at radius 2 is 1.95 bits per heavy atom. The van der Waals surface area contributed by atoms with Gasteiger partial charge in [0.15, 0.2) is 0 Å². The molecule has 2 saturated heterocycles. The van der Waals surface area contributed by atoms with Gasteiger partial charge in [0.1, 0.15) is 0 Å². The van der Waals surface area contributed by atoms with Crippen molar-refractivity contribution in [3.05, 3.63) is 35.4 Å². The van der Waals surface area contributed by atoms with E-state index in [1.165, 1.54) is 30.4 Å². The van der Waals surface area contributed by atoms with Crippen molar-refractivity contribution in [2.24, 2.45) is 0 Å². The molecule has 1 aliphatic carbocycles. The van der Waals surface area contributed by atoms with Crippen LogP contribution in [0.5, 0.6) is 0 Å². The Hall–Kier alpha value is -0.900. The molecule has 0 saturated carbocycles. The fourth-order valence-corrected chi connectivity index (χ4v) is 4.30. The fraction of sp³-hybridized carbons (Fsp3) is 0.647. The minimum absolute atomic E-state index is 0.486. The summed E-state index contributed by atoms with van der Waals surface area (Å²) in [6, 6.07) is 10.1. The lowest BCUT2D eigenvalue weighted by Crippen LogP contribution is -2.51. The lowest BCUT2D eigenvalue weighted by atomic mass is 10.0. The number of morpholine rings is 1. The van der Waals surface area contributed by atoms with Crippen LogP contribution in [0.15, 0.2) is 24.3 Å². The molecule has 0 radical (unpaired) electrons. The molecule has 20 heavy (non-hydrogen) atoms. The molecule has 3 aliphatic rings. The number of likely N-dealkylation sites (tertiary alicyclic amines) is 1. The highest BCUT2D eigenvalue weighted by atomic mass is 16.5. The van der Waals surface area contributed by atoms with Crippen LogP contribution in [-0.2, 0) is 11.2 Å². The lowest BCUT2D eigenvalue weighted by Gasteiger charge is -2.39. The highest BCUT2D eigenvalue weighted by Gasteiger charge is 2.41. The zero-order valence-electron chi connectivity index (χ0n) is 12.2.